The predicted molar refractivity (Wildman–Crippen MR) is 128 cm³/mol. The number of carbonyl (C=O) groups is 1. The molecular formula is C24H22F4N4O5S. The minimum Gasteiger partial charge on any atom is -0.479 e. The normalized spacial score (nSPS) is 20.1. The average Bonchev–Trinajstić information content (AvgIpc) is 3.20. The van der Waals surface area contributed by atoms with Gasteiger partial charge in [-0.3, -0.25) is 0 Å². The smallest absolute Gasteiger partial charge is 0.451 e. The van der Waals surface area contributed by atoms with Gasteiger partial charge in [-0.1, -0.05) is 19.1 Å². The highest BCUT2D eigenvalue weighted by atomic mass is 32.2. The number of nitrogens with zero attached hydrogens (tertiary/aromatic N) is 3. The Hall–Kier alpha value is -3.62. The number of aromatic nitrogens is 2. The number of carboxylic acids is 1. The maximum absolute atomic E-state index is 14.0. The number of primary sulfonamides is 1. The van der Waals surface area contributed by atoms with Gasteiger partial charge >= 0.3 is 12.1 Å². The average molecular weight is 555 g/mol. The summed E-state index contributed by atoms with van der Waals surface area (Å²) in [5, 5.41) is 25.8. The van der Waals surface area contributed by atoms with Crippen LogP contribution in [0.1, 0.15) is 25.6 Å². The largest absolute Gasteiger partial charge is 0.479 e. The Morgan fingerprint density at radius 2 is 1.82 bits per heavy atom. The zero-order chi connectivity index (χ0) is 28.0. The molecule has 0 aliphatic carbocycles. The Kier molecular flexibility index (Phi) is 6.93. The molecule has 2 aromatic carbocycles. The molecule has 38 heavy (non-hydrogen) atoms. The standard InChI is InChI=1S/C24H22F4N4O5S/c1-2-23(22(34)35)11-16(33)12-32(23)20-18(14-4-3-5-17(10-14)38(29,36)37)19(13-6-8-15(25)9-7-13)30-21(31-20)24(26,27)28/h3-10,16,33H,2,11-12H2,1H3,(H,34,35)(H2,29,36,37)/t16-,23+/m1/s1. The fourth-order valence-corrected chi connectivity index (χ4v) is 5.17. The van der Waals surface area contributed by atoms with E-state index in [0.29, 0.717) is 0 Å². The van der Waals surface area contributed by atoms with Crippen molar-refractivity contribution >= 4 is 21.8 Å². The molecule has 202 valence electrons. The van der Waals surface area contributed by atoms with Gasteiger partial charge in [-0.2, -0.15) is 13.2 Å². The summed E-state index contributed by atoms with van der Waals surface area (Å²) in [6, 6.07) is 9.30. The number of halogens is 4. The van der Waals surface area contributed by atoms with Crippen molar-refractivity contribution in [1.82, 2.24) is 9.97 Å². The second kappa shape index (κ2) is 9.60. The van der Waals surface area contributed by atoms with E-state index in [0.717, 1.165) is 23.1 Å². The van der Waals surface area contributed by atoms with Crippen molar-refractivity contribution in [2.45, 2.75) is 42.5 Å². The first kappa shape index (κ1) is 27.4. The van der Waals surface area contributed by atoms with E-state index in [4.69, 9.17) is 5.14 Å². The Labute approximate surface area is 214 Å². The van der Waals surface area contributed by atoms with Gasteiger partial charge in [0.15, 0.2) is 0 Å². The number of nitrogens with two attached hydrogens (primary N) is 1. The molecule has 4 N–H and O–H groups in total. The van der Waals surface area contributed by atoms with Crippen molar-refractivity contribution in [2.75, 3.05) is 11.4 Å². The molecule has 0 saturated carbocycles. The minimum atomic E-state index is -5.07. The number of rotatable bonds is 6. The number of benzene rings is 2. The van der Waals surface area contributed by atoms with Crippen molar-refractivity contribution in [3.8, 4) is 22.4 Å². The highest BCUT2D eigenvalue weighted by Gasteiger charge is 2.52. The summed E-state index contributed by atoms with van der Waals surface area (Å²) < 4.78 is 79.8. The maximum Gasteiger partial charge on any atom is 0.451 e. The lowest BCUT2D eigenvalue weighted by Crippen LogP contribution is -2.51. The number of anilines is 1. The number of hydrogen-bond acceptors (Lipinski definition) is 7. The number of sulfonamides is 1. The van der Waals surface area contributed by atoms with E-state index in [9.17, 15) is 41.0 Å². The zero-order valence-corrected chi connectivity index (χ0v) is 20.6. The van der Waals surface area contributed by atoms with E-state index >= 15 is 0 Å². The van der Waals surface area contributed by atoms with Crippen molar-refractivity contribution in [1.29, 1.82) is 0 Å². The van der Waals surface area contributed by atoms with Crippen LogP contribution < -0.4 is 10.0 Å². The third-order valence-electron chi connectivity index (χ3n) is 6.43. The van der Waals surface area contributed by atoms with E-state index in [-0.39, 0.29) is 46.7 Å². The van der Waals surface area contributed by atoms with E-state index in [1.54, 1.807) is 0 Å². The molecule has 0 unspecified atom stereocenters. The number of aliphatic hydroxyl groups is 1. The second-order valence-electron chi connectivity index (χ2n) is 8.83. The molecule has 1 saturated heterocycles. The molecule has 3 aromatic rings. The molecule has 0 amide bonds. The van der Waals surface area contributed by atoms with Crippen LogP contribution in [0.3, 0.4) is 0 Å². The first-order chi connectivity index (χ1) is 17.7. The monoisotopic (exact) mass is 554 g/mol. The van der Waals surface area contributed by atoms with Crippen LogP contribution in [0.15, 0.2) is 53.4 Å². The molecule has 0 radical (unpaired) electrons. The summed E-state index contributed by atoms with van der Waals surface area (Å²) in [6.07, 6.45) is -6.69. The van der Waals surface area contributed by atoms with Gasteiger partial charge in [0, 0.05) is 18.5 Å². The number of aliphatic hydroxyl groups excluding tert-OH is 1. The van der Waals surface area contributed by atoms with Crippen LogP contribution in [-0.4, -0.2) is 52.8 Å². The molecule has 9 nitrogen and oxygen atoms in total. The van der Waals surface area contributed by atoms with Crippen molar-refractivity contribution < 1.29 is 41.0 Å². The van der Waals surface area contributed by atoms with Gasteiger partial charge in [0.25, 0.3) is 0 Å². The zero-order valence-electron chi connectivity index (χ0n) is 19.8. The van der Waals surface area contributed by atoms with Crippen LogP contribution in [0.5, 0.6) is 0 Å². The summed E-state index contributed by atoms with van der Waals surface area (Å²) >= 11 is 0. The summed E-state index contributed by atoms with van der Waals surface area (Å²) in [6.45, 7) is 1.13. The van der Waals surface area contributed by atoms with Gasteiger partial charge in [-0.25, -0.2) is 32.7 Å². The molecular weight excluding hydrogens is 532 g/mol. The number of carboxylic acid groups (broad SMARTS) is 1. The maximum atomic E-state index is 14.0. The molecule has 0 spiro atoms. The first-order valence-corrected chi connectivity index (χ1v) is 12.8. The van der Waals surface area contributed by atoms with E-state index in [1.165, 1.54) is 37.3 Å². The van der Waals surface area contributed by atoms with Crippen LogP contribution in [-0.2, 0) is 21.0 Å². The van der Waals surface area contributed by atoms with Crippen LogP contribution in [0, 0.1) is 5.82 Å². The summed E-state index contributed by atoms with van der Waals surface area (Å²) in [5.41, 5.74) is -2.30. The number of hydrogen-bond donors (Lipinski definition) is 3. The van der Waals surface area contributed by atoms with E-state index in [2.05, 4.69) is 9.97 Å². The summed E-state index contributed by atoms with van der Waals surface area (Å²) in [4.78, 5) is 20.6. The number of alkyl halides is 3. The Morgan fingerprint density at radius 1 is 1.16 bits per heavy atom. The molecule has 0 bridgehead atoms. The lowest BCUT2D eigenvalue weighted by molar-refractivity contribution is -0.144. The van der Waals surface area contributed by atoms with Gasteiger partial charge in [0.2, 0.25) is 15.8 Å². The van der Waals surface area contributed by atoms with Gasteiger partial charge < -0.3 is 15.1 Å². The summed E-state index contributed by atoms with van der Waals surface area (Å²) in [7, 11) is -4.25. The van der Waals surface area contributed by atoms with Crippen LogP contribution in [0.2, 0.25) is 0 Å². The van der Waals surface area contributed by atoms with Gasteiger partial charge in [0.05, 0.1) is 22.3 Å². The SMILES string of the molecule is CC[C@@]1(C(=O)O)C[C@@H](O)CN1c1nc(C(F)(F)F)nc(-c2ccc(F)cc2)c1-c1cccc(S(N)(=O)=O)c1. The third-order valence-corrected chi connectivity index (χ3v) is 7.35. The first-order valence-electron chi connectivity index (χ1n) is 11.2. The highest BCUT2D eigenvalue weighted by molar-refractivity contribution is 7.89. The predicted octanol–water partition coefficient (Wildman–Crippen LogP) is 3.42. The number of β-amino-alcohol motifs (C(OH)–C–C–N with tert-alkyl or cyclic N) is 1. The van der Waals surface area contributed by atoms with Crippen LogP contribution in [0.25, 0.3) is 22.4 Å². The van der Waals surface area contributed by atoms with Crippen molar-refractivity contribution in [2.24, 2.45) is 5.14 Å². The Bertz CT molecular complexity index is 1500. The molecule has 1 aromatic heterocycles. The van der Waals surface area contributed by atoms with Gasteiger partial charge in [0.1, 0.15) is 17.2 Å². The lowest BCUT2D eigenvalue weighted by Gasteiger charge is -2.36. The van der Waals surface area contributed by atoms with Crippen molar-refractivity contribution in [3.63, 3.8) is 0 Å². The summed E-state index contributed by atoms with van der Waals surface area (Å²) in [5.74, 6) is -4.15. The lowest BCUT2D eigenvalue weighted by atomic mass is 9.91. The Morgan fingerprint density at radius 3 is 2.37 bits per heavy atom. The number of aliphatic carboxylic acids is 1. The molecule has 1 aliphatic rings. The third kappa shape index (κ3) is 4.93. The van der Waals surface area contributed by atoms with Crippen molar-refractivity contribution in [3.05, 3.63) is 60.2 Å². The fourth-order valence-electron chi connectivity index (χ4n) is 4.61. The molecule has 2 atom stereocenters. The van der Waals surface area contributed by atoms with Gasteiger partial charge in [-0.05, 0) is 48.4 Å². The quantitative estimate of drug-likeness (QED) is 0.393. The highest BCUT2D eigenvalue weighted by Crippen LogP contribution is 2.45. The topological polar surface area (TPSA) is 147 Å². The van der Waals surface area contributed by atoms with Gasteiger partial charge in [-0.15, -0.1) is 0 Å². The molecule has 4 rings (SSSR count). The molecule has 1 aliphatic heterocycles. The van der Waals surface area contributed by atoms with Crippen LogP contribution >= 0.6 is 0 Å². The molecule has 14 heteroatoms. The molecule has 2 heterocycles. The van der Waals surface area contributed by atoms with E-state index < -0.39 is 51.3 Å². The Balaban J connectivity index is 2.16. The molecule has 1 fully saturated rings. The second-order valence-corrected chi connectivity index (χ2v) is 10.4. The fraction of sp³-hybridized carbons (Fsp3) is 0.292. The van der Waals surface area contributed by atoms with E-state index in [1.807, 2.05) is 0 Å². The van der Waals surface area contributed by atoms with Crippen LogP contribution in [0.4, 0.5) is 23.4 Å². The minimum absolute atomic E-state index is 0.0105.